The van der Waals surface area contributed by atoms with Gasteiger partial charge in [-0.05, 0) is 41.8 Å². The summed E-state index contributed by atoms with van der Waals surface area (Å²) in [4.78, 5) is 28.2. The summed E-state index contributed by atoms with van der Waals surface area (Å²) in [6.07, 6.45) is 0.702. The molecule has 3 aromatic carbocycles. The molecule has 0 radical (unpaired) electrons. The van der Waals surface area contributed by atoms with E-state index in [1.165, 1.54) is 35.2 Å². The lowest BCUT2D eigenvalue weighted by Gasteiger charge is -2.32. The molecule has 2 amide bonds. The van der Waals surface area contributed by atoms with E-state index in [0.29, 0.717) is 12.1 Å². The van der Waals surface area contributed by atoms with E-state index in [-0.39, 0.29) is 35.9 Å². The van der Waals surface area contributed by atoms with Crippen LogP contribution in [0.15, 0.2) is 72.8 Å². The maximum atomic E-state index is 14.4. The van der Waals surface area contributed by atoms with Crippen LogP contribution in [0, 0.1) is 11.6 Å². The Hall–Kier alpha value is -3.25. The van der Waals surface area contributed by atoms with Crippen LogP contribution in [0.4, 0.5) is 8.78 Å². The summed E-state index contributed by atoms with van der Waals surface area (Å²) in [5.74, 6) is -1.75. The molecule has 4 nitrogen and oxygen atoms in total. The number of hydrogen-bond donors (Lipinski definition) is 1. The van der Waals surface area contributed by atoms with E-state index in [1.807, 2.05) is 37.3 Å². The van der Waals surface area contributed by atoms with Crippen molar-refractivity contribution in [2.24, 2.45) is 0 Å². The molecule has 0 bridgehead atoms. The molecule has 0 heterocycles. The highest BCUT2D eigenvalue weighted by atomic mass is 35.5. The first kappa shape index (κ1) is 25.4. The van der Waals surface area contributed by atoms with Crippen molar-refractivity contribution in [2.45, 2.75) is 38.8 Å². The van der Waals surface area contributed by atoms with Gasteiger partial charge in [0.15, 0.2) is 0 Å². The van der Waals surface area contributed by atoms with Crippen molar-refractivity contribution in [1.82, 2.24) is 10.2 Å². The van der Waals surface area contributed by atoms with Crippen LogP contribution in [0.3, 0.4) is 0 Å². The third-order valence-electron chi connectivity index (χ3n) is 5.48. The number of rotatable bonds is 10. The fourth-order valence-corrected chi connectivity index (χ4v) is 3.89. The van der Waals surface area contributed by atoms with Crippen LogP contribution >= 0.6 is 11.6 Å². The normalized spacial score (nSPS) is 11.6. The van der Waals surface area contributed by atoms with E-state index in [0.717, 1.165) is 12.0 Å². The van der Waals surface area contributed by atoms with Gasteiger partial charge < -0.3 is 10.2 Å². The first-order valence-electron chi connectivity index (χ1n) is 11.2. The van der Waals surface area contributed by atoms with Crippen LogP contribution < -0.4 is 5.32 Å². The monoisotopic (exact) mass is 484 g/mol. The molecule has 178 valence electrons. The Balaban J connectivity index is 1.98. The Morgan fingerprint density at radius 2 is 1.65 bits per heavy atom. The number of nitrogens with one attached hydrogen (secondary N) is 1. The smallest absolute Gasteiger partial charge is 0.243 e. The van der Waals surface area contributed by atoms with Crippen molar-refractivity contribution < 1.29 is 18.4 Å². The van der Waals surface area contributed by atoms with Gasteiger partial charge in [-0.15, -0.1) is 0 Å². The summed E-state index contributed by atoms with van der Waals surface area (Å²) in [5.41, 5.74) is 1.60. The van der Waals surface area contributed by atoms with E-state index >= 15 is 0 Å². The predicted molar refractivity (Wildman–Crippen MR) is 129 cm³/mol. The van der Waals surface area contributed by atoms with E-state index in [2.05, 4.69) is 5.32 Å². The van der Waals surface area contributed by atoms with Gasteiger partial charge in [0.2, 0.25) is 11.8 Å². The topological polar surface area (TPSA) is 49.4 Å². The number of amides is 2. The van der Waals surface area contributed by atoms with Crippen LogP contribution in [0.2, 0.25) is 5.02 Å². The van der Waals surface area contributed by atoms with Crippen molar-refractivity contribution in [3.63, 3.8) is 0 Å². The zero-order chi connectivity index (χ0) is 24.5. The average Bonchev–Trinajstić information content (AvgIpc) is 2.84. The second-order valence-electron chi connectivity index (χ2n) is 8.02. The van der Waals surface area contributed by atoms with E-state index < -0.39 is 23.6 Å². The number of carbonyl (C=O) groups is 2. The Kier molecular flexibility index (Phi) is 9.16. The largest absolute Gasteiger partial charge is 0.354 e. The molecule has 0 aliphatic carbocycles. The molecular weight excluding hydrogens is 458 g/mol. The maximum absolute atomic E-state index is 14.4. The molecule has 1 atom stereocenters. The van der Waals surface area contributed by atoms with Gasteiger partial charge in [0.1, 0.15) is 17.7 Å². The molecule has 0 aliphatic heterocycles. The zero-order valence-corrected chi connectivity index (χ0v) is 19.7. The second kappa shape index (κ2) is 12.3. The standard InChI is InChI=1S/C27H27ClF2N2O2/c1-2-15-31-27(34)25(16-19-7-4-3-5-8-19)32(18-20-11-13-21(29)14-12-20)26(33)17-22-23(28)9-6-10-24(22)30/h3-14,25H,2,15-18H2,1H3,(H,31,34). The van der Waals surface area contributed by atoms with Gasteiger partial charge >= 0.3 is 0 Å². The van der Waals surface area contributed by atoms with Gasteiger partial charge in [0, 0.05) is 30.1 Å². The Morgan fingerprint density at radius 1 is 0.941 bits per heavy atom. The minimum Gasteiger partial charge on any atom is -0.354 e. The SMILES string of the molecule is CCCNC(=O)C(Cc1ccccc1)N(Cc1ccc(F)cc1)C(=O)Cc1c(F)cccc1Cl. The van der Waals surface area contributed by atoms with Crippen molar-refractivity contribution in [3.05, 3.63) is 106 Å². The third kappa shape index (κ3) is 6.87. The molecule has 1 unspecified atom stereocenters. The summed E-state index contributed by atoms with van der Waals surface area (Å²) >= 11 is 6.16. The molecule has 0 aromatic heterocycles. The zero-order valence-electron chi connectivity index (χ0n) is 18.9. The average molecular weight is 485 g/mol. The van der Waals surface area contributed by atoms with Gasteiger partial charge in [-0.2, -0.15) is 0 Å². The first-order chi connectivity index (χ1) is 16.4. The molecule has 3 aromatic rings. The molecule has 0 fully saturated rings. The predicted octanol–water partition coefficient (Wildman–Crippen LogP) is 5.33. The molecule has 0 saturated heterocycles. The summed E-state index contributed by atoms with van der Waals surface area (Å²) in [5, 5.41) is 3.02. The van der Waals surface area contributed by atoms with Gasteiger partial charge in [0.05, 0.1) is 6.42 Å². The van der Waals surface area contributed by atoms with Gasteiger partial charge in [-0.1, -0.05) is 67.1 Å². The Morgan fingerprint density at radius 3 is 2.29 bits per heavy atom. The number of carbonyl (C=O) groups excluding carboxylic acids is 2. The Bertz CT molecular complexity index is 1090. The molecule has 3 rings (SSSR count). The highest BCUT2D eigenvalue weighted by Gasteiger charge is 2.31. The van der Waals surface area contributed by atoms with Crippen LogP contribution in [0.25, 0.3) is 0 Å². The lowest BCUT2D eigenvalue weighted by atomic mass is 10.0. The second-order valence-corrected chi connectivity index (χ2v) is 8.43. The van der Waals surface area contributed by atoms with E-state index in [9.17, 15) is 18.4 Å². The van der Waals surface area contributed by atoms with Crippen LogP contribution in [0.1, 0.15) is 30.0 Å². The van der Waals surface area contributed by atoms with Crippen molar-refractivity contribution in [3.8, 4) is 0 Å². The van der Waals surface area contributed by atoms with E-state index in [1.54, 1.807) is 12.1 Å². The van der Waals surface area contributed by atoms with Gasteiger partial charge in [-0.3, -0.25) is 9.59 Å². The van der Waals surface area contributed by atoms with Crippen molar-refractivity contribution >= 4 is 23.4 Å². The number of hydrogen-bond acceptors (Lipinski definition) is 2. The highest BCUT2D eigenvalue weighted by Crippen LogP contribution is 2.22. The minimum atomic E-state index is -0.850. The molecule has 1 N–H and O–H groups in total. The van der Waals surface area contributed by atoms with Crippen LogP contribution in [-0.2, 0) is 29.0 Å². The lowest BCUT2D eigenvalue weighted by Crippen LogP contribution is -2.51. The molecule has 34 heavy (non-hydrogen) atoms. The molecule has 7 heteroatoms. The van der Waals surface area contributed by atoms with Gasteiger partial charge in [0.25, 0.3) is 0 Å². The quantitative estimate of drug-likeness (QED) is 0.423. The van der Waals surface area contributed by atoms with Crippen LogP contribution in [-0.4, -0.2) is 29.3 Å². The summed E-state index contributed by atoms with van der Waals surface area (Å²) in [6, 6.07) is 18.5. The minimum absolute atomic E-state index is 0.0578. The van der Waals surface area contributed by atoms with E-state index in [4.69, 9.17) is 11.6 Å². The van der Waals surface area contributed by atoms with Crippen molar-refractivity contribution in [1.29, 1.82) is 0 Å². The number of nitrogens with zero attached hydrogens (tertiary/aromatic N) is 1. The lowest BCUT2D eigenvalue weighted by molar-refractivity contribution is -0.140. The number of halogens is 3. The van der Waals surface area contributed by atoms with Crippen LogP contribution in [0.5, 0.6) is 0 Å². The van der Waals surface area contributed by atoms with Gasteiger partial charge in [-0.25, -0.2) is 8.78 Å². The third-order valence-corrected chi connectivity index (χ3v) is 5.83. The first-order valence-corrected chi connectivity index (χ1v) is 11.5. The summed E-state index contributed by atoms with van der Waals surface area (Å²) in [6.45, 7) is 2.46. The molecular formula is C27H27ClF2N2O2. The fraction of sp³-hybridized carbons (Fsp3) is 0.259. The highest BCUT2D eigenvalue weighted by molar-refractivity contribution is 6.31. The Labute approximate surface area is 203 Å². The summed E-state index contributed by atoms with van der Waals surface area (Å²) < 4.78 is 27.9. The summed E-state index contributed by atoms with van der Waals surface area (Å²) in [7, 11) is 0. The fourth-order valence-electron chi connectivity index (χ4n) is 3.66. The van der Waals surface area contributed by atoms with Crippen molar-refractivity contribution in [2.75, 3.05) is 6.54 Å². The maximum Gasteiger partial charge on any atom is 0.243 e. The number of benzene rings is 3. The molecule has 0 saturated carbocycles. The molecule has 0 aliphatic rings. The molecule has 0 spiro atoms.